The summed E-state index contributed by atoms with van der Waals surface area (Å²) in [5.41, 5.74) is 4.37. The zero-order valence-corrected chi connectivity index (χ0v) is 14.9. The van der Waals surface area contributed by atoms with Crippen LogP contribution in [0.3, 0.4) is 0 Å². The molecule has 134 valence electrons. The fourth-order valence-electron chi connectivity index (χ4n) is 3.05. The van der Waals surface area contributed by atoms with Gasteiger partial charge < -0.3 is 14.4 Å². The van der Waals surface area contributed by atoms with Gasteiger partial charge in [-0.3, -0.25) is 4.79 Å². The Morgan fingerprint density at radius 1 is 1.04 bits per heavy atom. The van der Waals surface area contributed by atoms with Gasteiger partial charge in [-0.1, -0.05) is 42.5 Å². The van der Waals surface area contributed by atoms with Gasteiger partial charge in [0.25, 0.3) is 0 Å². The van der Waals surface area contributed by atoms with E-state index in [4.69, 9.17) is 9.84 Å². The Morgan fingerprint density at radius 3 is 2.58 bits per heavy atom. The summed E-state index contributed by atoms with van der Waals surface area (Å²) in [5, 5.41) is 9.01. The lowest BCUT2D eigenvalue weighted by molar-refractivity contribution is -0.136. The van der Waals surface area contributed by atoms with Crippen LogP contribution in [0.15, 0.2) is 66.7 Å². The first-order valence-electron chi connectivity index (χ1n) is 8.78. The molecule has 1 N–H and O–H groups in total. The number of aromatic nitrogens is 1. The molecule has 0 bridgehead atoms. The normalized spacial score (nSPS) is 10.7. The molecule has 0 saturated carbocycles. The number of hydrogen-bond acceptors (Lipinski definition) is 2. The van der Waals surface area contributed by atoms with Crippen LogP contribution in [0.1, 0.15) is 17.7 Å². The maximum atomic E-state index is 11.0. The lowest BCUT2D eigenvalue weighted by atomic mass is 10.1. The highest BCUT2D eigenvalue weighted by atomic mass is 16.5. The van der Waals surface area contributed by atoms with Crippen LogP contribution in [-0.4, -0.2) is 22.2 Å². The molecule has 0 fully saturated rings. The van der Waals surface area contributed by atoms with Gasteiger partial charge in [-0.05, 0) is 48.7 Å². The number of ether oxygens (including phenoxy) is 1. The first kappa shape index (κ1) is 17.8. The maximum Gasteiger partial charge on any atom is 0.303 e. The number of carboxylic acids is 1. The highest BCUT2D eigenvalue weighted by Crippen LogP contribution is 2.23. The third-order valence-electron chi connectivity index (χ3n) is 4.31. The summed E-state index contributed by atoms with van der Waals surface area (Å²) in [7, 11) is 0. The quantitative estimate of drug-likeness (QED) is 0.648. The molecular formula is C22H23NO3. The van der Waals surface area contributed by atoms with Crippen molar-refractivity contribution in [3.05, 3.63) is 78.0 Å². The first-order chi connectivity index (χ1) is 12.6. The highest BCUT2D eigenvalue weighted by molar-refractivity contribution is 5.67. The van der Waals surface area contributed by atoms with E-state index in [1.165, 1.54) is 0 Å². The average Bonchev–Trinajstić information content (AvgIpc) is 3.04. The van der Waals surface area contributed by atoms with Crippen molar-refractivity contribution in [1.82, 2.24) is 4.57 Å². The van der Waals surface area contributed by atoms with E-state index < -0.39 is 5.97 Å². The number of carbonyl (C=O) groups is 1. The molecule has 3 aromatic rings. The largest absolute Gasteiger partial charge is 0.492 e. The van der Waals surface area contributed by atoms with Gasteiger partial charge >= 0.3 is 5.97 Å². The van der Waals surface area contributed by atoms with E-state index in [9.17, 15) is 4.79 Å². The topological polar surface area (TPSA) is 51.5 Å². The monoisotopic (exact) mass is 349 g/mol. The van der Waals surface area contributed by atoms with Gasteiger partial charge in [0.2, 0.25) is 0 Å². The van der Waals surface area contributed by atoms with E-state index in [-0.39, 0.29) is 6.42 Å². The summed E-state index contributed by atoms with van der Waals surface area (Å²) < 4.78 is 8.06. The molecule has 1 aromatic heterocycles. The lowest BCUT2D eigenvalue weighted by Gasteiger charge is -2.14. The number of benzene rings is 2. The minimum atomic E-state index is -0.782. The SMILES string of the molecule is Cc1cccc(OCCn2c(CCC(=O)O)ccc2-c2ccccc2)c1. The highest BCUT2D eigenvalue weighted by Gasteiger charge is 2.11. The van der Waals surface area contributed by atoms with Crippen LogP contribution in [-0.2, 0) is 17.8 Å². The second-order valence-corrected chi connectivity index (χ2v) is 6.29. The predicted octanol–water partition coefficient (Wildman–Crippen LogP) is 4.56. The van der Waals surface area contributed by atoms with E-state index in [2.05, 4.69) is 22.8 Å². The van der Waals surface area contributed by atoms with Gasteiger partial charge in [0.05, 0.1) is 13.0 Å². The van der Waals surface area contributed by atoms with Crippen molar-refractivity contribution >= 4 is 5.97 Å². The van der Waals surface area contributed by atoms with Crippen LogP contribution in [0, 0.1) is 6.92 Å². The zero-order valence-electron chi connectivity index (χ0n) is 14.9. The van der Waals surface area contributed by atoms with Gasteiger partial charge in [0.1, 0.15) is 12.4 Å². The molecule has 0 radical (unpaired) electrons. The van der Waals surface area contributed by atoms with Crippen LogP contribution in [0.2, 0.25) is 0 Å². The summed E-state index contributed by atoms with van der Waals surface area (Å²) in [5.74, 6) is 0.0699. The molecule has 0 aliphatic heterocycles. The van der Waals surface area contributed by atoms with E-state index in [1.54, 1.807) is 0 Å². The predicted molar refractivity (Wildman–Crippen MR) is 102 cm³/mol. The molecule has 2 aromatic carbocycles. The van der Waals surface area contributed by atoms with Gasteiger partial charge in [-0.2, -0.15) is 0 Å². The maximum absolute atomic E-state index is 11.0. The third-order valence-corrected chi connectivity index (χ3v) is 4.31. The van der Waals surface area contributed by atoms with Gasteiger partial charge in [0.15, 0.2) is 0 Å². The summed E-state index contributed by atoms with van der Waals surface area (Å²) in [6.45, 7) is 3.23. The average molecular weight is 349 g/mol. The van der Waals surface area contributed by atoms with E-state index in [0.717, 1.165) is 28.3 Å². The fourth-order valence-corrected chi connectivity index (χ4v) is 3.05. The van der Waals surface area contributed by atoms with E-state index in [0.29, 0.717) is 19.6 Å². The summed E-state index contributed by atoms with van der Waals surface area (Å²) in [4.78, 5) is 11.0. The second-order valence-electron chi connectivity index (χ2n) is 6.29. The molecule has 0 unspecified atom stereocenters. The Bertz CT molecular complexity index is 868. The molecule has 0 amide bonds. The van der Waals surface area contributed by atoms with Crippen LogP contribution in [0.25, 0.3) is 11.3 Å². The molecule has 0 spiro atoms. The number of hydrogen-bond donors (Lipinski definition) is 1. The Morgan fingerprint density at radius 2 is 1.85 bits per heavy atom. The number of carboxylic acid groups (broad SMARTS) is 1. The molecule has 26 heavy (non-hydrogen) atoms. The van der Waals surface area contributed by atoms with Crippen molar-refractivity contribution in [3.63, 3.8) is 0 Å². The number of nitrogens with zero attached hydrogens (tertiary/aromatic N) is 1. The van der Waals surface area contributed by atoms with Crippen molar-refractivity contribution in [1.29, 1.82) is 0 Å². The van der Waals surface area contributed by atoms with Crippen molar-refractivity contribution < 1.29 is 14.6 Å². The Hall–Kier alpha value is -3.01. The van der Waals surface area contributed by atoms with Crippen molar-refractivity contribution in [2.75, 3.05) is 6.61 Å². The van der Waals surface area contributed by atoms with Gasteiger partial charge in [0, 0.05) is 11.4 Å². The summed E-state index contributed by atoms with van der Waals surface area (Å²) in [6.07, 6.45) is 0.629. The van der Waals surface area contributed by atoms with Crippen LogP contribution in [0.4, 0.5) is 0 Å². The Kier molecular flexibility index (Phi) is 5.74. The minimum Gasteiger partial charge on any atom is -0.492 e. The summed E-state index contributed by atoms with van der Waals surface area (Å²) in [6, 6.07) is 22.2. The molecule has 0 saturated heterocycles. The third kappa shape index (κ3) is 4.54. The van der Waals surface area contributed by atoms with Crippen molar-refractivity contribution in [3.8, 4) is 17.0 Å². The fraction of sp³-hybridized carbons (Fsp3) is 0.227. The standard InChI is InChI=1S/C22H23NO3/c1-17-6-5-9-20(16-17)26-15-14-23-19(11-13-22(24)25)10-12-21(23)18-7-3-2-4-8-18/h2-10,12,16H,11,13-15H2,1H3,(H,24,25). The number of aliphatic carboxylic acids is 1. The summed E-state index contributed by atoms with van der Waals surface area (Å²) >= 11 is 0. The molecule has 4 heteroatoms. The molecule has 0 atom stereocenters. The number of rotatable bonds is 8. The smallest absolute Gasteiger partial charge is 0.303 e. The molecule has 4 nitrogen and oxygen atoms in total. The zero-order chi connectivity index (χ0) is 18.4. The van der Waals surface area contributed by atoms with E-state index >= 15 is 0 Å². The first-order valence-corrected chi connectivity index (χ1v) is 8.78. The van der Waals surface area contributed by atoms with Crippen molar-refractivity contribution in [2.45, 2.75) is 26.3 Å². The minimum absolute atomic E-state index is 0.122. The van der Waals surface area contributed by atoms with Gasteiger partial charge in [-0.15, -0.1) is 0 Å². The van der Waals surface area contributed by atoms with Crippen LogP contribution >= 0.6 is 0 Å². The van der Waals surface area contributed by atoms with E-state index in [1.807, 2.05) is 55.5 Å². The number of aryl methyl sites for hydroxylation is 2. The van der Waals surface area contributed by atoms with Gasteiger partial charge in [-0.25, -0.2) is 0 Å². The molecule has 1 heterocycles. The molecule has 0 aliphatic rings. The molecule has 0 aliphatic carbocycles. The lowest BCUT2D eigenvalue weighted by Crippen LogP contribution is -2.13. The molecule has 3 rings (SSSR count). The van der Waals surface area contributed by atoms with Crippen LogP contribution in [0.5, 0.6) is 5.75 Å². The van der Waals surface area contributed by atoms with Crippen LogP contribution < -0.4 is 4.74 Å². The molecular weight excluding hydrogens is 326 g/mol. The Labute approximate surface area is 153 Å². The van der Waals surface area contributed by atoms with Crippen molar-refractivity contribution in [2.24, 2.45) is 0 Å². The second kappa shape index (κ2) is 8.39. The Balaban J connectivity index is 1.78.